The molecule has 0 amide bonds. The van der Waals surface area contributed by atoms with Crippen LogP contribution in [0.25, 0.3) is 45.9 Å². The average Bonchev–Trinajstić information content (AvgIpc) is 3.64. The van der Waals surface area contributed by atoms with Gasteiger partial charge in [-0.15, -0.1) is 26.3 Å². The minimum Gasteiger partial charge on any atom is -0.355 e. The van der Waals surface area contributed by atoms with Gasteiger partial charge in [0.25, 0.3) is 0 Å². The number of H-pyrrole nitrogens is 2. The Labute approximate surface area is 211 Å². The third kappa shape index (κ3) is 4.46. The van der Waals surface area contributed by atoms with Crippen molar-refractivity contribution in [3.05, 3.63) is 120 Å². The smallest absolute Gasteiger partial charge is 0.0728 e. The highest BCUT2D eigenvalue weighted by atomic mass is 14.8. The summed E-state index contributed by atoms with van der Waals surface area (Å²) >= 11 is 0. The van der Waals surface area contributed by atoms with Crippen molar-refractivity contribution in [2.45, 2.75) is 25.7 Å². The summed E-state index contributed by atoms with van der Waals surface area (Å²) in [7, 11) is 0. The number of nitrogens with one attached hydrogen (secondary N) is 2. The third-order valence-electron chi connectivity index (χ3n) is 6.43. The summed E-state index contributed by atoms with van der Waals surface area (Å²) in [5.74, 6) is 0. The number of rotatable bonds is 8. The fraction of sp³-hybridized carbons (Fsp3) is 0.125. The third-order valence-corrected chi connectivity index (χ3v) is 6.43. The van der Waals surface area contributed by atoms with E-state index in [0.717, 1.165) is 75.2 Å². The van der Waals surface area contributed by atoms with Gasteiger partial charge < -0.3 is 9.97 Å². The lowest BCUT2D eigenvalue weighted by Gasteiger charge is -2.07. The van der Waals surface area contributed by atoms with Crippen LogP contribution in [0.2, 0.25) is 0 Å². The lowest BCUT2D eigenvalue weighted by molar-refractivity contribution is 1.16. The number of nitrogens with zero attached hydrogens (tertiary/aromatic N) is 2. The molecule has 178 valence electrons. The quantitative estimate of drug-likeness (QED) is 0.258. The largest absolute Gasteiger partial charge is 0.355 e. The molecule has 2 N–H and O–H groups in total. The molecule has 3 aromatic rings. The van der Waals surface area contributed by atoms with Crippen molar-refractivity contribution in [1.82, 2.24) is 19.9 Å². The second-order valence-corrected chi connectivity index (χ2v) is 8.97. The molecule has 0 radical (unpaired) electrons. The molecule has 0 atom stereocenters. The van der Waals surface area contributed by atoms with Gasteiger partial charge in [-0.1, -0.05) is 24.3 Å². The van der Waals surface area contributed by atoms with E-state index in [0.29, 0.717) is 6.42 Å². The van der Waals surface area contributed by atoms with Crippen LogP contribution in [0.4, 0.5) is 0 Å². The van der Waals surface area contributed by atoms with Gasteiger partial charge in [0, 0.05) is 27.6 Å². The van der Waals surface area contributed by atoms with Crippen LogP contribution in [-0.4, -0.2) is 19.9 Å². The second kappa shape index (κ2) is 10.0. The highest BCUT2D eigenvalue weighted by molar-refractivity contribution is 5.89. The van der Waals surface area contributed by atoms with E-state index in [9.17, 15) is 0 Å². The summed E-state index contributed by atoms with van der Waals surface area (Å²) in [6, 6.07) is 10.4. The molecule has 36 heavy (non-hydrogen) atoms. The van der Waals surface area contributed by atoms with Crippen LogP contribution in [0.15, 0.2) is 81.0 Å². The summed E-state index contributed by atoms with van der Waals surface area (Å²) in [6.45, 7) is 16.1. The van der Waals surface area contributed by atoms with E-state index >= 15 is 0 Å². The molecule has 3 aromatic heterocycles. The molecule has 5 heterocycles. The Morgan fingerprint density at radius 2 is 1.25 bits per heavy atom. The molecule has 4 nitrogen and oxygen atoms in total. The van der Waals surface area contributed by atoms with Crippen molar-refractivity contribution in [1.29, 1.82) is 0 Å². The van der Waals surface area contributed by atoms with Crippen LogP contribution in [0.5, 0.6) is 0 Å². The minimum atomic E-state index is 0.679. The van der Waals surface area contributed by atoms with Crippen molar-refractivity contribution >= 4 is 45.9 Å². The van der Waals surface area contributed by atoms with Crippen molar-refractivity contribution in [2.24, 2.45) is 0 Å². The molecule has 0 fully saturated rings. The Hall–Kier alpha value is -4.44. The van der Waals surface area contributed by atoms with Gasteiger partial charge in [-0.25, -0.2) is 9.97 Å². The van der Waals surface area contributed by atoms with E-state index < -0.39 is 0 Å². The highest BCUT2D eigenvalue weighted by Gasteiger charge is 2.19. The Balaban J connectivity index is 1.98. The van der Waals surface area contributed by atoms with Crippen LogP contribution < -0.4 is 0 Å². The standard InChI is InChI=1S/C32H30N4/c1-5-9-21-17-26-19-24-14-13-22(33-24)18-23-15-16-25(34-23)20-30-27(10-6-2)28(11-7-3)32(36-30)29(12-8-4)31(21)35-26/h5-8,13-20,33,36H,1-4,9-12H2. The summed E-state index contributed by atoms with van der Waals surface area (Å²) in [5.41, 5.74) is 12.5. The Kier molecular flexibility index (Phi) is 6.50. The van der Waals surface area contributed by atoms with Crippen LogP contribution in [-0.2, 0) is 19.3 Å². The van der Waals surface area contributed by atoms with E-state index in [1.54, 1.807) is 0 Å². The number of fused-ring (bicyclic) bond motifs is 8. The maximum absolute atomic E-state index is 5.11. The zero-order chi connectivity index (χ0) is 25.1. The molecule has 4 heteroatoms. The van der Waals surface area contributed by atoms with Gasteiger partial charge in [-0.3, -0.25) is 0 Å². The van der Waals surface area contributed by atoms with E-state index in [4.69, 9.17) is 9.97 Å². The maximum Gasteiger partial charge on any atom is 0.0728 e. The predicted molar refractivity (Wildman–Crippen MR) is 154 cm³/mol. The van der Waals surface area contributed by atoms with Gasteiger partial charge in [0.1, 0.15) is 0 Å². The van der Waals surface area contributed by atoms with Gasteiger partial charge in [-0.2, -0.15) is 0 Å². The number of aromatic amines is 2. The lowest BCUT2D eigenvalue weighted by Crippen LogP contribution is -1.95. The first-order chi connectivity index (χ1) is 17.6. The molecule has 0 aromatic carbocycles. The number of allylic oxidation sites excluding steroid dienone is 5. The van der Waals surface area contributed by atoms with Gasteiger partial charge in [0.05, 0.1) is 22.8 Å². The molecule has 0 saturated heterocycles. The van der Waals surface area contributed by atoms with E-state index in [2.05, 4.69) is 72.7 Å². The Morgan fingerprint density at radius 1 is 0.639 bits per heavy atom. The first-order valence-corrected chi connectivity index (χ1v) is 12.2. The SMILES string of the molecule is C=CCC1=Cc2cc3ccc(cc4nc(cc5[nH]c(c(CC=C)c1n2)c(CC=C)c5CC=C)C=C4)[nH]3. The first-order valence-electron chi connectivity index (χ1n) is 12.2. The second-order valence-electron chi connectivity index (χ2n) is 8.97. The molecule has 0 spiro atoms. The van der Waals surface area contributed by atoms with Gasteiger partial charge in [0.15, 0.2) is 0 Å². The fourth-order valence-electron chi connectivity index (χ4n) is 4.93. The molecule has 0 saturated carbocycles. The average molecular weight is 471 g/mol. The topological polar surface area (TPSA) is 57.4 Å². The summed E-state index contributed by atoms with van der Waals surface area (Å²) in [4.78, 5) is 17.1. The van der Waals surface area contributed by atoms with Gasteiger partial charge in [0.2, 0.25) is 0 Å². The summed E-state index contributed by atoms with van der Waals surface area (Å²) in [6.07, 6.45) is 16.9. The maximum atomic E-state index is 5.11. The highest BCUT2D eigenvalue weighted by Crippen LogP contribution is 2.33. The molecule has 8 bridgehead atoms. The fourth-order valence-corrected chi connectivity index (χ4v) is 4.93. The van der Waals surface area contributed by atoms with E-state index in [1.807, 2.05) is 36.5 Å². The van der Waals surface area contributed by atoms with Gasteiger partial charge >= 0.3 is 0 Å². The van der Waals surface area contributed by atoms with Crippen molar-refractivity contribution in [2.75, 3.05) is 0 Å². The molecular formula is C32H30N4. The zero-order valence-electron chi connectivity index (χ0n) is 20.5. The van der Waals surface area contributed by atoms with Crippen LogP contribution in [0.1, 0.15) is 45.9 Å². The molecule has 0 aliphatic carbocycles. The summed E-state index contributed by atoms with van der Waals surface area (Å²) in [5, 5.41) is 0. The molecule has 0 unspecified atom stereocenters. The van der Waals surface area contributed by atoms with Crippen molar-refractivity contribution in [3.8, 4) is 0 Å². The van der Waals surface area contributed by atoms with Crippen molar-refractivity contribution < 1.29 is 0 Å². The number of hydrogen-bond acceptors (Lipinski definition) is 2. The zero-order valence-corrected chi connectivity index (χ0v) is 20.5. The normalized spacial score (nSPS) is 12.3. The number of aromatic nitrogens is 4. The lowest BCUT2D eigenvalue weighted by atomic mass is 9.97. The van der Waals surface area contributed by atoms with Crippen LogP contribution in [0, 0.1) is 0 Å². The monoisotopic (exact) mass is 470 g/mol. The number of hydrogen-bond donors (Lipinski definition) is 2. The Morgan fingerprint density at radius 3 is 1.94 bits per heavy atom. The molecular weight excluding hydrogens is 440 g/mol. The van der Waals surface area contributed by atoms with E-state index in [1.165, 1.54) is 11.1 Å². The van der Waals surface area contributed by atoms with Crippen molar-refractivity contribution in [3.63, 3.8) is 0 Å². The van der Waals surface area contributed by atoms with Crippen LogP contribution in [0.3, 0.4) is 0 Å². The summed E-state index contributed by atoms with van der Waals surface area (Å²) < 4.78 is 0. The molecule has 2 aliphatic rings. The first kappa shape index (κ1) is 23.3. The Bertz CT molecular complexity index is 1600. The molecule has 5 rings (SSSR count). The van der Waals surface area contributed by atoms with E-state index in [-0.39, 0.29) is 0 Å². The predicted octanol–water partition coefficient (Wildman–Crippen LogP) is 7.79. The van der Waals surface area contributed by atoms with Gasteiger partial charge in [-0.05, 0) is 90.9 Å². The minimum absolute atomic E-state index is 0.679. The van der Waals surface area contributed by atoms with Crippen LogP contribution >= 0.6 is 0 Å². The molecule has 2 aliphatic heterocycles.